The Balaban J connectivity index is 1.18. The molecule has 6 heteroatoms. The van der Waals surface area contributed by atoms with Crippen LogP contribution in [0.1, 0.15) is 33.1 Å². The maximum absolute atomic E-state index is 12.3. The number of amides is 1. The van der Waals surface area contributed by atoms with Gasteiger partial charge in [-0.15, -0.1) is 0 Å². The fraction of sp³-hybridized carbons (Fsp3) is 0.143. The van der Waals surface area contributed by atoms with Crippen LogP contribution < -0.4 is 5.32 Å². The van der Waals surface area contributed by atoms with Gasteiger partial charge in [-0.25, -0.2) is 9.59 Å². The summed E-state index contributed by atoms with van der Waals surface area (Å²) in [5.74, 6) is 5.54. The summed E-state index contributed by atoms with van der Waals surface area (Å²) in [6, 6.07) is 23.8. The van der Waals surface area contributed by atoms with Crippen molar-refractivity contribution in [2.75, 3.05) is 20.3 Å². The topological polar surface area (TPSA) is 80.4 Å². The highest BCUT2D eigenvalue weighted by atomic mass is 16.5. The van der Waals surface area contributed by atoms with Gasteiger partial charge in [-0.05, 0) is 40.5 Å². The number of hydrogen-bond donors (Lipinski definition) is 2. The average Bonchev–Trinajstić information content (AvgIpc) is 3.44. The fourth-order valence-corrected chi connectivity index (χ4v) is 4.34. The number of alkyl carbamates (subject to hydrolysis) is 1. The molecule has 1 aliphatic carbocycles. The van der Waals surface area contributed by atoms with Gasteiger partial charge >= 0.3 is 12.1 Å². The summed E-state index contributed by atoms with van der Waals surface area (Å²) in [5, 5.41) is 3.58. The van der Waals surface area contributed by atoms with E-state index in [0.717, 1.165) is 16.5 Å². The van der Waals surface area contributed by atoms with Gasteiger partial charge < -0.3 is 19.8 Å². The Morgan fingerprint density at radius 2 is 1.68 bits per heavy atom. The number of aromatic amines is 1. The van der Waals surface area contributed by atoms with E-state index in [2.05, 4.69) is 46.4 Å². The third-order valence-corrected chi connectivity index (χ3v) is 5.93. The predicted molar refractivity (Wildman–Crippen MR) is 130 cm³/mol. The van der Waals surface area contributed by atoms with Crippen LogP contribution in [0, 0.1) is 11.8 Å². The van der Waals surface area contributed by atoms with E-state index in [1.54, 1.807) is 6.07 Å². The maximum Gasteiger partial charge on any atom is 0.407 e. The summed E-state index contributed by atoms with van der Waals surface area (Å²) in [6.07, 6.45) is -0.501. The number of rotatable bonds is 4. The van der Waals surface area contributed by atoms with Crippen LogP contribution in [0.3, 0.4) is 0 Å². The largest absolute Gasteiger partial charge is 0.464 e. The third-order valence-electron chi connectivity index (χ3n) is 5.93. The van der Waals surface area contributed by atoms with Crippen molar-refractivity contribution in [3.8, 4) is 23.0 Å². The molecule has 1 amide bonds. The molecule has 2 N–H and O–H groups in total. The van der Waals surface area contributed by atoms with E-state index >= 15 is 0 Å². The second-order valence-corrected chi connectivity index (χ2v) is 7.96. The highest BCUT2D eigenvalue weighted by Gasteiger charge is 2.28. The summed E-state index contributed by atoms with van der Waals surface area (Å²) in [7, 11) is 1.34. The third kappa shape index (κ3) is 4.12. The van der Waals surface area contributed by atoms with Gasteiger partial charge in [0.05, 0.1) is 13.7 Å². The molecule has 0 spiro atoms. The van der Waals surface area contributed by atoms with Crippen LogP contribution in [0.15, 0.2) is 72.8 Å². The monoisotopic (exact) mass is 450 g/mol. The van der Waals surface area contributed by atoms with Crippen molar-refractivity contribution in [1.82, 2.24) is 10.3 Å². The Morgan fingerprint density at radius 3 is 2.38 bits per heavy atom. The van der Waals surface area contributed by atoms with Gasteiger partial charge in [-0.1, -0.05) is 66.4 Å². The Bertz CT molecular complexity index is 1410. The van der Waals surface area contributed by atoms with Gasteiger partial charge in [-0.2, -0.15) is 0 Å². The molecule has 0 atom stereocenters. The number of ether oxygens (including phenoxy) is 2. The second-order valence-electron chi connectivity index (χ2n) is 7.96. The number of fused-ring (bicyclic) bond motifs is 4. The molecular weight excluding hydrogens is 428 g/mol. The fourth-order valence-electron chi connectivity index (χ4n) is 4.34. The molecule has 6 nitrogen and oxygen atoms in total. The lowest BCUT2D eigenvalue weighted by Crippen LogP contribution is -2.26. The summed E-state index contributed by atoms with van der Waals surface area (Å²) in [4.78, 5) is 26.9. The molecule has 168 valence electrons. The lowest BCUT2D eigenvalue weighted by Gasteiger charge is -2.14. The highest BCUT2D eigenvalue weighted by molar-refractivity contribution is 5.95. The van der Waals surface area contributed by atoms with Crippen molar-refractivity contribution in [1.29, 1.82) is 0 Å². The Morgan fingerprint density at radius 1 is 0.971 bits per heavy atom. The molecule has 0 fully saturated rings. The van der Waals surface area contributed by atoms with Crippen LogP contribution in [0.4, 0.5) is 4.79 Å². The molecule has 5 rings (SSSR count). The van der Waals surface area contributed by atoms with Gasteiger partial charge in [0.2, 0.25) is 0 Å². The summed E-state index contributed by atoms with van der Waals surface area (Å²) in [6.45, 7) is 0.423. The van der Waals surface area contributed by atoms with Gasteiger partial charge in [0.25, 0.3) is 0 Å². The smallest absolute Gasteiger partial charge is 0.407 e. The van der Waals surface area contributed by atoms with E-state index in [-0.39, 0.29) is 19.1 Å². The Hall–Kier alpha value is -4.50. The summed E-state index contributed by atoms with van der Waals surface area (Å²) in [5.41, 5.74) is 6.67. The van der Waals surface area contributed by atoms with Crippen LogP contribution in [0.5, 0.6) is 0 Å². The number of H-pyrrole nitrogens is 1. The first-order valence-electron chi connectivity index (χ1n) is 10.9. The van der Waals surface area contributed by atoms with E-state index < -0.39 is 12.1 Å². The number of carbonyl (C=O) groups excluding carboxylic acids is 2. The normalized spacial score (nSPS) is 11.8. The number of aromatic nitrogens is 1. The van der Waals surface area contributed by atoms with Crippen LogP contribution in [-0.2, 0) is 9.47 Å². The standard InChI is InChI=1S/C28H22N2O4/c1-33-27(31)26-16-19-13-12-18(15-25(19)30-26)7-6-14-29-28(32)34-17-24-22-10-4-2-8-20(22)21-9-3-5-11-23(21)24/h2-5,8-13,15-16,24,30H,14,17H2,1H3,(H,29,32). The van der Waals surface area contributed by atoms with E-state index in [0.29, 0.717) is 5.69 Å². The Labute approximate surface area is 196 Å². The lowest BCUT2D eigenvalue weighted by molar-refractivity contribution is 0.0595. The first kappa shape index (κ1) is 21.4. The highest BCUT2D eigenvalue weighted by Crippen LogP contribution is 2.44. The lowest BCUT2D eigenvalue weighted by atomic mass is 9.98. The van der Waals surface area contributed by atoms with Crippen LogP contribution >= 0.6 is 0 Å². The molecule has 3 aromatic carbocycles. The molecule has 1 aromatic heterocycles. The van der Waals surface area contributed by atoms with Crippen molar-refractivity contribution < 1.29 is 19.1 Å². The number of hydrogen-bond acceptors (Lipinski definition) is 4. The number of methoxy groups -OCH3 is 1. The first-order chi connectivity index (χ1) is 16.6. The SMILES string of the molecule is COC(=O)c1cc2ccc(C#CCNC(=O)OCC3c4ccccc4-c4ccccc43)cc2[nH]1. The number of esters is 1. The Kier molecular flexibility index (Phi) is 5.75. The number of carbonyl (C=O) groups is 2. The van der Waals surface area contributed by atoms with Gasteiger partial charge in [0.1, 0.15) is 12.3 Å². The molecule has 34 heavy (non-hydrogen) atoms. The van der Waals surface area contributed by atoms with Crippen molar-refractivity contribution in [2.24, 2.45) is 0 Å². The molecule has 4 aromatic rings. The quantitative estimate of drug-likeness (QED) is 0.344. The van der Waals surface area contributed by atoms with Gasteiger partial charge in [0, 0.05) is 22.4 Å². The molecular formula is C28H22N2O4. The van der Waals surface area contributed by atoms with Crippen LogP contribution in [0.25, 0.3) is 22.0 Å². The van der Waals surface area contributed by atoms with Crippen molar-refractivity contribution in [2.45, 2.75) is 5.92 Å². The molecule has 0 saturated heterocycles. The summed E-state index contributed by atoms with van der Waals surface area (Å²) >= 11 is 0. The zero-order chi connectivity index (χ0) is 23.5. The van der Waals surface area contributed by atoms with E-state index in [1.807, 2.05) is 42.5 Å². The minimum Gasteiger partial charge on any atom is -0.464 e. The molecule has 0 unspecified atom stereocenters. The zero-order valence-electron chi connectivity index (χ0n) is 18.6. The predicted octanol–water partition coefficient (Wildman–Crippen LogP) is 4.84. The minimum atomic E-state index is -0.501. The first-order valence-corrected chi connectivity index (χ1v) is 10.9. The maximum atomic E-state index is 12.3. The average molecular weight is 450 g/mol. The van der Waals surface area contributed by atoms with Crippen molar-refractivity contribution in [3.05, 3.63) is 95.2 Å². The summed E-state index contributed by atoms with van der Waals surface area (Å²) < 4.78 is 10.3. The number of benzene rings is 3. The molecule has 0 saturated carbocycles. The zero-order valence-corrected chi connectivity index (χ0v) is 18.6. The van der Waals surface area contributed by atoms with Gasteiger partial charge in [-0.3, -0.25) is 0 Å². The molecule has 0 radical (unpaired) electrons. The molecule has 1 aliphatic rings. The van der Waals surface area contributed by atoms with E-state index in [9.17, 15) is 9.59 Å². The van der Waals surface area contributed by atoms with E-state index in [1.165, 1.54) is 29.4 Å². The molecule has 1 heterocycles. The molecule has 0 aliphatic heterocycles. The molecule has 0 bridgehead atoms. The van der Waals surface area contributed by atoms with Gasteiger partial charge in [0.15, 0.2) is 0 Å². The minimum absolute atomic E-state index is 0.0200. The second kappa shape index (κ2) is 9.16. The van der Waals surface area contributed by atoms with Crippen molar-refractivity contribution in [3.63, 3.8) is 0 Å². The van der Waals surface area contributed by atoms with E-state index in [4.69, 9.17) is 9.47 Å². The van der Waals surface area contributed by atoms with Crippen molar-refractivity contribution >= 4 is 23.0 Å². The van der Waals surface area contributed by atoms with Crippen LogP contribution in [-0.4, -0.2) is 37.3 Å². The number of nitrogens with one attached hydrogen (secondary N) is 2. The van der Waals surface area contributed by atoms with Crippen LogP contribution in [0.2, 0.25) is 0 Å².